The van der Waals surface area contributed by atoms with Crippen LogP contribution in [-0.4, -0.2) is 36.2 Å². The zero-order chi connectivity index (χ0) is 12.0. The van der Waals surface area contributed by atoms with Crippen molar-refractivity contribution in [3.8, 4) is 0 Å². The van der Waals surface area contributed by atoms with Crippen LogP contribution in [0.2, 0.25) is 0 Å². The van der Waals surface area contributed by atoms with Crippen LogP contribution >= 0.6 is 11.8 Å². The van der Waals surface area contributed by atoms with Crippen molar-refractivity contribution in [2.45, 2.75) is 51.6 Å². The first-order valence-corrected chi connectivity index (χ1v) is 7.09. The Morgan fingerprint density at radius 2 is 2.31 bits per heavy atom. The molecule has 0 aromatic rings. The lowest BCUT2D eigenvalue weighted by Crippen LogP contribution is -2.48. The fourth-order valence-corrected chi connectivity index (χ4v) is 2.96. The molecule has 4 heteroatoms. The molecular formula is C12H24N2OS. The van der Waals surface area contributed by atoms with Gasteiger partial charge in [-0.05, 0) is 26.2 Å². The summed E-state index contributed by atoms with van der Waals surface area (Å²) in [7, 11) is 1.74. The maximum atomic E-state index is 5.17. The lowest BCUT2D eigenvalue weighted by Gasteiger charge is -2.35. The first kappa shape index (κ1) is 13.8. The number of nitrogens with one attached hydrogen (secondary N) is 1. The third-order valence-corrected chi connectivity index (χ3v) is 4.10. The van der Waals surface area contributed by atoms with Crippen LogP contribution in [0.4, 0.5) is 0 Å². The molecule has 1 aliphatic heterocycles. The van der Waals surface area contributed by atoms with E-state index in [1.807, 2.05) is 11.8 Å². The highest BCUT2D eigenvalue weighted by Gasteiger charge is 2.27. The Morgan fingerprint density at radius 1 is 1.56 bits per heavy atom. The Kier molecular flexibility index (Phi) is 5.62. The number of ether oxygens (including phenoxy) is 1. The summed E-state index contributed by atoms with van der Waals surface area (Å²) in [5.41, 5.74) is 0.232. The molecule has 0 spiro atoms. The molecule has 1 fully saturated rings. The normalized spacial score (nSPS) is 30.1. The standard InChI is InChI=1S/C12H24N2OS/c1-5-10(9-15-4)13-11-14-12(3,6-2)7-8-16-11/h10H,5-9H2,1-4H3,(H,13,14). The monoisotopic (exact) mass is 244 g/mol. The summed E-state index contributed by atoms with van der Waals surface area (Å²) in [6.45, 7) is 7.37. The van der Waals surface area contributed by atoms with E-state index in [4.69, 9.17) is 9.73 Å². The van der Waals surface area contributed by atoms with Gasteiger partial charge in [0.25, 0.3) is 0 Å². The minimum absolute atomic E-state index is 0.232. The molecule has 1 heterocycles. The number of aliphatic imine (C=N–C) groups is 1. The van der Waals surface area contributed by atoms with Gasteiger partial charge in [0.2, 0.25) is 0 Å². The first-order chi connectivity index (χ1) is 7.63. The second-order valence-electron chi connectivity index (χ2n) is 4.59. The van der Waals surface area contributed by atoms with Crippen LogP contribution in [0.1, 0.15) is 40.0 Å². The Labute approximate surface area is 103 Å². The lowest BCUT2D eigenvalue weighted by molar-refractivity contribution is 0.179. The molecule has 0 aromatic heterocycles. The molecule has 2 atom stereocenters. The molecule has 0 aliphatic carbocycles. The van der Waals surface area contributed by atoms with Crippen molar-refractivity contribution in [2.24, 2.45) is 4.99 Å². The van der Waals surface area contributed by atoms with Crippen molar-refractivity contribution >= 4 is 16.9 Å². The molecule has 94 valence electrons. The molecule has 3 nitrogen and oxygen atoms in total. The Bertz CT molecular complexity index is 245. The van der Waals surface area contributed by atoms with Crippen LogP contribution in [0.15, 0.2) is 4.99 Å². The van der Waals surface area contributed by atoms with Gasteiger partial charge >= 0.3 is 0 Å². The number of methoxy groups -OCH3 is 1. The minimum Gasteiger partial charge on any atom is -0.382 e. The maximum Gasteiger partial charge on any atom is 0.157 e. The smallest absolute Gasteiger partial charge is 0.157 e. The van der Waals surface area contributed by atoms with Gasteiger partial charge in [0, 0.05) is 18.4 Å². The highest BCUT2D eigenvalue weighted by Crippen LogP contribution is 2.25. The summed E-state index contributed by atoms with van der Waals surface area (Å²) in [5, 5.41) is 4.66. The molecule has 0 amide bonds. The van der Waals surface area contributed by atoms with E-state index in [0.717, 1.165) is 18.0 Å². The molecule has 0 radical (unpaired) electrons. The average molecular weight is 244 g/mol. The molecule has 1 aliphatic rings. The van der Waals surface area contributed by atoms with Crippen molar-refractivity contribution < 1.29 is 4.74 Å². The van der Waals surface area contributed by atoms with Gasteiger partial charge in [-0.2, -0.15) is 0 Å². The molecule has 2 unspecified atom stereocenters. The second kappa shape index (κ2) is 6.50. The number of hydrogen-bond donors (Lipinski definition) is 1. The number of nitrogens with zero attached hydrogens (tertiary/aromatic N) is 1. The van der Waals surface area contributed by atoms with E-state index in [1.54, 1.807) is 7.11 Å². The van der Waals surface area contributed by atoms with E-state index in [2.05, 4.69) is 26.1 Å². The number of hydrogen-bond acceptors (Lipinski definition) is 3. The van der Waals surface area contributed by atoms with Gasteiger partial charge in [-0.25, -0.2) is 0 Å². The summed E-state index contributed by atoms with van der Waals surface area (Å²) in [6, 6.07) is 0.291. The molecule has 1 saturated heterocycles. The molecule has 0 bridgehead atoms. The van der Waals surface area contributed by atoms with Crippen LogP contribution in [0.3, 0.4) is 0 Å². The summed E-state index contributed by atoms with van der Waals surface area (Å²) < 4.78 is 5.17. The second-order valence-corrected chi connectivity index (χ2v) is 5.67. The highest BCUT2D eigenvalue weighted by atomic mass is 32.2. The van der Waals surface area contributed by atoms with Crippen LogP contribution in [0, 0.1) is 0 Å². The first-order valence-electron chi connectivity index (χ1n) is 6.11. The summed E-state index contributed by atoms with van der Waals surface area (Å²) in [6.07, 6.45) is 3.39. The van der Waals surface area contributed by atoms with Crippen molar-refractivity contribution in [3.63, 3.8) is 0 Å². The summed E-state index contributed by atoms with van der Waals surface area (Å²) in [4.78, 5) is 4.73. The van der Waals surface area contributed by atoms with Gasteiger partial charge in [0.05, 0.1) is 12.6 Å². The Morgan fingerprint density at radius 3 is 2.88 bits per heavy atom. The van der Waals surface area contributed by atoms with Gasteiger partial charge < -0.3 is 10.1 Å². The summed E-state index contributed by atoms with van der Waals surface area (Å²) >= 11 is 1.83. The topological polar surface area (TPSA) is 33.6 Å². The van der Waals surface area contributed by atoms with Crippen LogP contribution in [0.5, 0.6) is 0 Å². The fraction of sp³-hybridized carbons (Fsp3) is 0.917. The molecule has 16 heavy (non-hydrogen) atoms. The maximum absolute atomic E-state index is 5.17. The molecule has 1 rings (SSSR count). The van der Waals surface area contributed by atoms with Crippen LogP contribution in [-0.2, 0) is 4.74 Å². The van der Waals surface area contributed by atoms with Gasteiger partial charge in [-0.1, -0.05) is 25.6 Å². The van der Waals surface area contributed by atoms with Crippen molar-refractivity contribution in [1.29, 1.82) is 0 Å². The van der Waals surface area contributed by atoms with E-state index in [-0.39, 0.29) is 5.54 Å². The Hall–Kier alpha value is -0.220. The third-order valence-electron chi connectivity index (χ3n) is 3.21. The van der Waals surface area contributed by atoms with E-state index in [0.29, 0.717) is 12.6 Å². The molecule has 0 saturated carbocycles. The van der Waals surface area contributed by atoms with Crippen molar-refractivity contribution in [2.75, 3.05) is 19.5 Å². The van der Waals surface area contributed by atoms with Gasteiger partial charge in [0.15, 0.2) is 5.17 Å². The largest absolute Gasteiger partial charge is 0.382 e. The number of amidine groups is 1. The average Bonchev–Trinajstić information content (AvgIpc) is 2.29. The molecule has 1 N–H and O–H groups in total. The zero-order valence-electron chi connectivity index (χ0n) is 10.9. The fourth-order valence-electron chi connectivity index (χ4n) is 1.67. The lowest BCUT2D eigenvalue weighted by atomic mass is 9.96. The SMILES string of the molecule is CCC(COC)N=C1NC(C)(CC)CCS1. The van der Waals surface area contributed by atoms with Gasteiger partial charge in [0.1, 0.15) is 0 Å². The minimum atomic E-state index is 0.232. The van der Waals surface area contributed by atoms with Crippen LogP contribution in [0.25, 0.3) is 0 Å². The highest BCUT2D eigenvalue weighted by molar-refractivity contribution is 8.13. The molecule has 0 aromatic carbocycles. The number of thioether (sulfide) groups is 1. The van der Waals surface area contributed by atoms with E-state index in [9.17, 15) is 0 Å². The van der Waals surface area contributed by atoms with Crippen LogP contribution < -0.4 is 5.32 Å². The predicted molar refractivity (Wildman–Crippen MR) is 72.3 cm³/mol. The zero-order valence-corrected chi connectivity index (χ0v) is 11.7. The van der Waals surface area contributed by atoms with E-state index in [1.165, 1.54) is 12.2 Å². The van der Waals surface area contributed by atoms with Crippen molar-refractivity contribution in [1.82, 2.24) is 5.32 Å². The van der Waals surface area contributed by atoms with Crippen molar-refractivity contribution in [3.05, 3.63) is 0 Å². The summed E-state index contributed by atoms with van der Waals surface area (Å²) in [5.74, 6) is 1.17. The Balaban J connectivity index is 2.61. The van der Waals surface area contributed by atoms with Gasteiger partial charge in [-0.3, -0.25) is 4.99 Å². The van der Waals surface area contributed by atoms with E-state index < -0.39 is 0 Å². The predicted octanol–water partition coefficient (Wildman–Crippen LogP) is 2.66. The number of rotatable bonds is 5. The van der Waals surface area contributed by atoms with E-state index >= 15 is 0 Å². The third kappa shape index (κ3) is 3.98. The van der Waals surface area contributed by atoms with Gasteiger partial charge in [-0.15, -0.1) is 0 Å². The molecular weight excluding hydrogens is 220 g/mol. The quantitative estimate of drug-likeness (QED) is 0.807.